The summed E-state index contributed by atoms with van der Waals surface area (Å²) in [6.45, 7) is 5.96. The highest BCUT2D eigenvalue weighted by Crippen LogP contribution is 2.30. The van der Waals surface area contributed by atoms with Crippen LogP contribution in [-0.4, -0.2) is 13.7 Å². The lowest BCUT2D eigenvalue weighted by atomic mass is 10.1. The van der Waals surface area contributed by atoms with Gasteiger partial charge < -0.3 is 18.9 Å². The van der Waals surface area contributed by atoms with Crippen molar-refractivity contribution in [2.75, 3.05) is 13.7 Å². The lowest BCUT2D eigenvalue weighted by Crippen LogP contribution is -1.94. The van der Waals surface area contributed by atoms with Gasteiger partial charge in [0.2, 0.25) is 0 Å². The molecule has 0 saturated heterocycles. The van der Waals surface area contributed by atoms with Crippen LogP contribution in [0, 0.1) is 0 Å². The van der Waals surface area contributed by atoms with Crippen molar-refractivity contribution in [1.29, 1.82) is 0 Å². The van der Waals surface area contributed by atoms with Crippen molar-refractivity contribution in [1.82, 2.24) is 0 Å². The van der Waals surface area contributed by atoms with Crippen LogP contribution in [0.25, 0.3) is 0 Å². The summed E-state index contributed by atoms with van der Waals surface area (Å²) >= 11 is 0. The number of hydrogen-bond acceptors (Lipinski definition) is 4. The van der Waals surface area contributed by atoms with Crippen molar-refractivity contribution in [3.63, 3.8) is 0 Å². The van der Waals surface area contributed by atoms with Gasteiger partial charge in [-0.1, -0.05) is 42.5 Å². The smallest absolute Gasteiger partial charge is 0.131 e. The van der Waals surface area contributed by atoms with Gasteiger partial charge in [-0.25, -0.2) is 0 Å². The molecule has 0 heterocycles. The van der Waals surface area contributed by atoms with Crippen molar-refractivity contribution in [2.45, 2.75) is 13.3 Å². The van der Waals surface area contributed by atoms with Crippen LogP contribution in [0.4, 0.5) is 0 Å². The molecule has 4 rings (SSSR count). The molecule has 0 saturated carbocycles. The lowest BCUT2D eigenvalue weighted by molar-refractivity contribution is 0.202. The third-order valence-electron chi connectivity index (χ3n) is 4.60. The molecular formula is C30H30O4. The molecule has 0 fully saturated rings. The van der Waals surface area contributed by atoms with Gasteiger partial charge in [0, 0.05) is 13.2 Å². The Balaban J connectivity index is 0.00000103. The van der Waals surface area contributed by atoms with Crippen LogP contribution in [-0.2, 0) is 11.2 Å². The van der Waals surface area contributed by atoms with Crippen LogP contribution in [0.3, 0.4) is 0 Å². The zero-order valence-electron chi connectivity index (χ0n) is 19.6. The zero-order valence-corrected chi connectivity index (χ0v) is 19.6. The fourth-order valence-electron chi connectivity index (χ4n) is 3.02. The number of allylic oxidation sites excluding steroid dienone is 1. The van der Waals surface area contributed by atoms with Gasteiger partial charge in [-0.2, -0.15) is 0 Å². The Labute approximate surface area is 202 Å². The highest BCUT2D eigenvalue weighted by Gasteiger charge is 2.04. The van der Waals surface area contributed by atoms with Crippen LogP contribution < -0.4 is 14.2 Å². The molecule has 4 aromatic carbocycles. The molecule has 174 valence electrons. The molecule has 4 aromatic rings. The summed E-state index contributed by atoms with van der Waals surface area (Å²) in [7, 11) is 1.71. The highest BCUT2D eigenvalue weighted by molar-refractivity contribution is 5.41. The normalized spacial score (nSPS) is 9.94. The minimum atomic E-state index is 0.700. The summed E-state index contributed by atoms with van der Waals surface area (Å²) in [5, 5.41) is 0. The van der Waals surface area contributed by atoms with Crippen LogP contribution >= 0.6 is 0 Å². The monoisotopic (exact) mass is 454 g/mol. The second kappa shape index (κ2) is 13.5. The number of methoxy groups -OCH3 is 1. The van der Waals surface area contributed by atoms with E-state index in [-0.39, 0.29) is 0 Å². The van der Waals surface area contributed by atoms with E-state index in [1.807, 2.05) is 110 Å². The van der Waals surface area contributed by atoms with Crippen LogP contribution in [0.1, 0.15) is 12.5 Å². The summed E-state index contributed by atoms with van der Waals surface area (Å²) < 4.78 is 22.9. The molecule has 0 aromatic heterocycles. The topological polar surface area (TPSA) is 36.9 Å². The van der Waals surface area contributed by atoms with E-state index in [0.29, 0.717) is 18.1 Å². The highest BCUT2D eigenvalue weighted by atomic mass is 16.5. The van der Waals surface area contributed by atoms with E-state index < -0.39 is 0 Å². The number of ether oxygens (including phenoxy) is 4. The summed E-state index contributed by atoms with van der Waals surface area (Å²) in [5.41, 5.74) is 1.21. The van der Waals surface area contributed by atoms with Crippen molar-refractivity contribution >= 4 is 0 Å². The maximum atomic E-state index is 5.98. The summed E-state index contributed by atoms with van der Waals surface area (Å²) in [6.07, 6.45) is 2.63. The van der Waals surface area contributed by atoms with Gasteiger partial charge in [0.25, 0.3) is 0 Å². The summed E-state index contributed by atoms with van der Waals surface area (Å²) in [5.74, 6) is 4.47. The Hall–Kier alpha value is -4.02. The molecule has 0 spiro atoms. The summed E-state index contributed by atoms with van der Waals surface area (Å²) in [4.78, 5) is 0. The van der Waals surface area contributed by atoms with Gasteiger partial charge in [0.15, 0.2) is 0 Å². The van der Waals surface area contributed by atoms with E-state index in [0.717, 1.165) is 29.4 Å². The first-order valence-corrected chi connectivity index (χ1v) is 11.1. The average Bonchev–Trinajstić information content (AvgIpc) is 2.86. The van der Waals surface area contributed by atoms with Gasteiger partial charge >= 0.3 is 0 Å². The van der Waals surface area contributed by atoms with Crippen LogP contribution in [0.5, 0.6) is 34.5 Å². The molecule has 0 aliphatic rings. The molecule has 0 radical (unpaired) electrons. The Bertz CT molecular complexity index is 1120. The van der Waals surface area contributed by atoms with E-state index in [1.165, 1.54) is 5.56 Å². The molecular weight excluding hydrogens is 424 g/mol. The first-order chi connectivity index (χ1) is 16.7. The molecule has 4 nitrogen and oxygen atoms in total. The largest absolute Gasteiger partial charge is 0.457 e. The van der Waals surface area contributed by atoms with E-state index >= 15 is 0 Å². The maximum Gasteiger partial charge on any atom is 0.131 e. The second-order valence-corrected chi connectivity index (χ2v) is 7.36. The third-order valence-corrected chi connectivity index (χ3v) is 4.60. The molecule has 0 unspecified atom stereocenters. The Morgan fingerprint density at radius 3 is 1.50 bits per heavy atom. The van der Waals surface area contributed by atoms with Crippen LogP contribution in [0.2, 0.25) is 0 Å². The van der Waals surface area contributed by atoms with E-state index in [9.17, 15) is 0 Å². The Kier molecular flexibility index (Phi) is 9.78. The lowest BCUT2D eigenvalue weighted by Gasteiger charge is -2.10. The minimum Gasteiger partial charge on any atom is -0.457 e. The predicted molar refractivity (Wildman–Crippen MR) is 137 cm³/mol. The van der Waals surface area contributed by atoms with Crippen molar-refractivity contribution in [2.24, 2.45) is 0 Å². The summed E-state index contributed by atoms with van der Waals surface area (Å²) in [6, 6.07) is 32.8. The minimum absolute atomic E-state index is 0.700. The number of hydrogen-bond donors (Lipinski definition) is 0. The molecule has 0 aliphatic heterocycles. The maximum absolute atomic E-state index is 5.98. The first kappa shape index (κ1) is 24.6. The molecule has 0 N–H and O–H groups in total. The molecule has 34 heavy (non-hydrogen) atoms. The quantitative estimate of drug-likeness (QED) is 0.238. The number of rotatable bonds is 9. The SMILES string of the molecule is C=CC.COCCc1ccc(Oc2cccc(Oc3ccc(Oc4ccccc4)cc3)c2)cc1. The molecule has 4 heteroatoms. The molecule has 0 bridgehead atoms. The first-order valence-electron chi connectivity index (χ1n) is 11.1. The fraction of sp³-hybridized carbons (Fsp3) is 0.133. The second-order valence-electron chi connectivity index (χ2n) is 7.36. The standard InChI is InChI=1S/C27H24O4.C3H6/c1-28-19-18-21-10-12-23(13-11-21)30-26-8-5-9-27(20-26)31-25-16-14-24(15-17-25)29-22-6-3-2-4-7-22;1-3-2/h2-17,20H,18-19H2,1H3;3H,1H2,2H3. The van der Waals surface area contributed by atoms with E-state index in [1.54, 1.807) is 13.2 Å². The van der Waals surface area contributed by atoms with Crippen molar-refractivity contribution in [3.05, 3.63) is 121 Å². The van der Waals surface area contributed by atoms with Crippen molar-refractivity contribution in [3.8, 4) is 34.5 Å². The zero-order chi connectivity index (χ0) is 24.0. The van der Waals surface area contributed by atoms with Gasteiger partial charge in [0.05, 0.1) is 6.61 Å². The average molecular weight is 455 g/mol. The van der Waals surface area contributed by atoms with E-state index in [2.05, 4.69) is 6.58 Å². The molecule has 0 aliphatic carbocycles. The van der Waals surface area contributed by atoms with Gasteiger partial charge in [-0.3, -0.25) is 0 Å². The van der Waals surface area contributed by atoms with Gasteiger partial charge in [0.1, 0.15) is 34.5 Å². The fourth-order valence-corrected chi connectivity index (χ4v) is 3.02. The number of para-hydroxylation sites is 1. The predicted octanol–water partition coefficient (Wildman–Crippen LogP) is 8.44. The third kappa shape index (κ3) is 8.15. The van der Waals surface area contributed by atoms with Gasteiger partial charge in [-0.05, 0) is 79.6 Å². The number of benzene rings is 4. The van der Waals surface area contributed by atoms with Crippen molar-refractivity contribution < 1.29 is 18.9 Å². The molecule has 0 atom stereocenters. The molecule has 0 amide bonds. The van der Waals surface area contributed by atoms with Gasteiger partial charge in [-0.15, -0.1) is 6.58 Å². The Morgan fingerprint density at radius 1 is 0.588 bits per heavy atom. The van der Waals surface area contributed by atoms with E-state index in [4.69, 9.17) is 18.9 Å². The Morgan fingerprint density at radius 2 is 1.00 bits per heavy atom. The van der Waals surface area contributed by atoms with Crippen LogP contribution in [0.15, 0.2) is 116 Å².